The number of nitrogens with zero attached hydrogens (tertiary/aromatic N) is 1. The molecule has 3 heterocycles. The second-order valence-corrected chi connectivity index (χ2v) is 8.16. The van der Waals surface area contributed by atoms with Crippen molar-refractivity contribution < 1.29 is 28.2 Å². The lowest BCUT2D eigenvalue weighted by molar-refractivity contribution is -0.140. The number of cyclic esters (lactones) is 1. The lowest BCUT2D eigenvalue weighted by atomic mass is 9.77. The van der Waals surface area contributed by atoms with Gasteiger partial charge in [0.05, 0.1) is 18.2 Å². The third kappa shape index (κ3) is 3.50. The summed E-state index contributed by atoms with van der Waals surface area (Å²) in [5.74, 6) is -0.165. The van der Waals surface area contributed by atoms with Crippen LogP contribution in [0, 0.1) is 5.82 Å². The van der Waals surface area contributed by atoms with Gasteiger partial charge in [-0.05, 0) is 30.9 Å². The van der Waals surface area contributed by atoms with Crippen molar-refractivity contribution in [2.75, 3.05) is 26.6 Å². The van der Waals surface area contributed by atoms with Gasteiger partial charge in [-0.1, -0.05) is 36.4 Å². The minimum absolute atomic E-state index is 0.0204. The van der Waals surface area contributed by atoms with Gasteiger partial charge in [-0.25, -0.2) is 9.18 Å². The molecule has 2 fully saturated rings. The molecule has 2 amide bonds. The zero-order chi connectivity index (χ0) is 21.4. The van der Waals surface area contributed by atoms with E-state index in [2.05, 4.69) is 5.32 Å². The van der Waals surface area contributed by atoms with E-state index in [1.165, 1.54) is 0 Å². The molecule has 2 atom stereocenters. The largest absolute Gasteiger partial charge is 0.457 e. The summed E-state index contributed by atoms with van der Waals surface area (Å²) in [6.07, 6.45) is 0.968. The summed E-state index contributed by atoms with van der Waals surface area (Å²) < 4.78 is 32.4. The molecule has 8 heteroatoms. The summed E-state index contributed by atoms with van der Waals surface area (Å²) in [7, 11) is 0. The number of morpholine rings is 1. The van der Waals surface area contributed by atoms with Crippen molar-refractivity contribution in [2.45, 2.75) is 30.8 Å². The van der Waals surface area contributed by atoms with E-state index in [9.17, 15) is 9.59 Å². The van der Waals surface area contributed by atoms with Crippen molar-refractivity contribution in [3.05, 3.63) is 53.8 Å². The SMILES string of the molecule is O=C1COCC2(CCCN3C(=O)OCOc4ccccc4-c4cccc(c4F)CC32)N1. The van der Waals surface area contributed by atoms with Crippen LogP contribution in [-0.4, -0.2) is 55.0 Å². The van der Waals surface area contributed by atoms with Gasteiger partial charge in [-0.3, -0.25) is 4.79 Å². The van der Waals surface area contributed by atoms with Crippen LogP contribution in [0.5, 0.6) is 5.75 Å². The Hall–Kier alpha value is -3.13. The fourth-order valence-electron chi connectivity index (χ4n) is 4.89. The minimum atomic E-state index is -0.794. The molecular formula is C23H23FN2O5. The zero-order valence-electron chi connectivity index (χ0n) is 16.9. The average molecular weight is 426 g/mol. The van der Waals surface area contributed by atoms with Gasteiger partial charge < -0.3 is 24.4 Å². The molecule has 31 heavy (non-hydrogen) atoms. The molecular weight excluding hydrogens is 403 g/mol. The molecule has 0 radical (unpaired) electrons. The number of halogens is 1. The highest BCUT2D eigenvalue weighted by Gasteiger charge is 2.50. The van der Waals surface area contributed by atoms with E-state index in [4.69, 9.17) is 14.2 Å². The van der Waals surface area contributed by atoms with E-state index in [0.717, 1.165) is 0 Å². The number of benzene rings is 2. The predicted molar refractivity (Wildman–Crippen MR) is 109 cm³/mol. The van der Waals surface area contributed by atoms with Crippen LogP contribution in [0.3, 0.4) is 0 Å². The van der Waals surface area contributed by atoms with E-state index < -0.39 is 17.7 Å². The number of amides is 2. The minimum Gasteiger partial charge on any atom is -0.457 e. The highest BCUT2D eigenvalue weighted by molar-refractivity contribution is 5.79. The Bertz CT molecular complexity index is 1020. The average Bonchev–Trinajstić information content (AvgIpc) is 2.76. The lowest BCUT2D eigenvalue weighted by Gasteiger charge is -2.51. The highest BCUT2D eigenvalue weighted by atomic mass is 19.1. The van der Waals surface area contributed by atoms with Crippen LogP contribution in [0.15, 0.2) is 42.5 Å². The molecule has 0 aromatic heterocycles. The summed E-state index contributed by atoms with van der Waals surface area (Å²) >= 11 is 0. The highest BCUT2D eigenvalue weighted by Crippen LogP contribution is 2.37. The van der Waals surface area contributed by atoms with Crippen LogP contribution in [0.1, 0.15) is 18.4 Å². The first-order valence-electron chi connectivity index (χ1n) is 10.4. The first-order valence-corrected chi connectivity index (χ1v) is 10.4. The fourth-order valence-corrected chi connectivity index (χ4v) is 4.89. The fraction of sp³-hybridized carbons (Fsp3) is 0.391. The van der Waals surface area contributed by atoms with Crippen LogP contribution >= 0.6 is 0 Å². The van der Waals surface area contributed by atoms with Crippen molar-refractivity contribution in [2.24, 2.45) is 0 Å². The number of piperidine rings is 1. The number of rotatable bonds is 0. The topological polar surface area (TPSA) is 77.1 Å². The Labute approximate surface area is 179 Å². The number of hydrogen-bond donors (Lipinski definition) is 1. The molecule has 0 aliphatic carbocycles. The van der Waals surface area contributed by atoms with Gasteiger partial charge in [0.25, 0.3) is 0 Å². The Morgan fingerprint density at radius 1 is 1.06 bits per heavy atom. The molecule has 7 nitrogen and oxygen atoms in total. The van der Waals surface area contributed by atoms with Gasteiger partial charge in [0.1, 0.15) is 18.2 Å². The van der Waals surface area contributed by atoms with E-state index >= 15 is 4.39 Å². The molecule has 2 unspecified atom stereocenters. The van der Waals surface area contributed by atoms with Crippen molar-refractivity contribution in [1.29, 1.82) is 0 Å². The van der Waals surface area contributed by atoms with Crippen LogP contribution < -0.4 is 10.1 Å². The predicted octanol–water partition coefficient (Wildman–Crippen LogP) is 2.87. The van der Waals surface area contributed by atoms with E-state index in [1.807, 2.05) is 0 Å². The van der Waals surface area contributed by atoms with Crippen LogP contribution in [0.4, 0.5) is 9.18 Å². The van der Waals surface area contributed by atoms with Gasteiger partial charge in [-0.15, -0.1) is 0 Å². The molecule has 2 bridgehead atoms. The Balaban J connectivity index is 1.62. The molecule has 2 aromatic carbocycles. The van der Waals surface area contributed by atoms with Crippen molar-refractivity contribution in [3.8, 4) is 16.9 Å². The second-order valence-electron chi connectivity index (χ2n) is 8.16. The molecule has 1 spiro atoms. The van der Waals surface area contributed by atoms with Crippen molar-refractivity contribution in [1.82, 2.24) is 10.2 Å². The monoisotopic (exact) mass is 426 g/mol. The third-order valence-corrected chi connectivity index (χ3v) is 6.32. The van der Waals surface area contributed by atoms with E-state index in [1.54, 1.807) is 47.4 Å². The van der Waals surface area contributed by atoms with Crippen molar-refractivity contribution >= 4 is 12.0 Å². The van der Waals surface area contributed by atoms with Gasteiger partial charge in [0.15, 0.2) is 0 Å². The Morgan fingerprint density at radius 3 is 2.77 bits per heavy atom. The number of nitrogens with one attached hydrogen (secondary N) is 1. The maximum atomic E-state index is 15.7. The second kappa shape index (κ2) is 7.85. The van der Waals surface area contributed by atoms with Gasteiger partial charge in [0, 0.05) is 17.7 Å². The van der Waals surface area contributed by atoms with E-state index in [-0.39, 0.29) is 38.2 Å². The quantitative estimate of drug-likeness (QED) is 0.701. The molecule has 3 aliphatic rings. The van der Waals surface area contributed by atoms with Gasteiger partial charge in [0.2, 0.25) is 12.7 Å². The number of fused-ring (bicyclic) bond motifs is 6. The number of carbonyl (C=O) groups excluding carboxylic acids is 2. The Kier molecular flexibility index (Phi) is 5.02. The maximum absolute atomic E-state index is 15.7. The summed E-state index contributed by atoms with van der Waals surface area (Å²) in [6.45, 7) is 0.385. The van der Waals surface area contributed by atoms with Gasteiger partial charge >= 0.3 is 6.09 Å². The summed E-state index contributed by atoms with van der Waals surface area (Å²) in [5.41, 5.74) is 0.665. The van der Waals surface area contributed by atoms with Gasteiger partial charge in [-0.2, -0.15) is 0 Å². The summed E-state index contributed by atoms with van der Waals surface area (Å²) in [6, 6.07) is 11.8. The molecule has 0 saturated carbocycles. The first-order chi connectivity index (χ1) is 15.1. The zero-order valence-corrected chi connectivity index (χ0v) is 16.9. The smallest absolute Gasteiger partial charge is 0.413 e. The lowest BCUT2D eigenvalue weighted by Crippen LogP contribution is -2.71. The number of para-hydroxylation sites is 1. The Morgan fingerprint density at radius 2 is 1.90 bits per heavy atom. The number of ether oxygens (including phenoxy) is 3. The van der Waals surface area contributed by atoms with Crippen LogP contribution in [0.25, 0.3) is 11.1 Å². The van der Waals surface area contributed by atoms with Crippen LogP contribution in [-0.2, 0) is 20.7 Å². The molecule has 2 aromatic rings. The molecule has 1 N–H and O–H groups in total. The maximum Gasteiger partial charge on any atom is 0.413 e. The molecule has 5 rings (SSSR count). The summed E-state index contributed by atoms with van der Waals surface area (Å²) in [4.78, 5) is 26.7. The number of hydrogen-bond acceptors (Lipinski definition) is 5. The molecule has 2 saturated heterocycles. The standard InChI is InChI=1S/C23H23FN2O5/c24-21-15-5-3-7-17(21)16-6-1-2-8-18(16)30-14-31-22(28)26-10-4-9-23(19(26)11-15)13-29-12-20(27)25-23/h1-3,5-8,19H,4,9-14H2,(H,25,27). The van der Waals surface area contributed by atoms with Crippen molar-refractivity contribution in [3.63, 3.8) is 0 Å². The molecule has 162 valence electrons. The first kappa shape index (κ1) is 19.8. The molecule has 3 aliphatic heterocycles. The normalized spacial score (nSPS) is 25.8. The van der Waals surface area contributed by atoms with E-state index in [0.29, 0.717) is 41.8 Å². The van der Waals surface area contributed by atoms with Crippen LogP contribution in [0.2, 0.25) is 0 Å². The number of carbonyl (C=O) groups is 2. The third-order valence-electron chi connectivity index (χ3n) is 6.32. The summed E-state index contributed by atoms with van der Waals surface area (Å²) in [5, 5.41) is 3.04.